The highest BCUT2D eigenvalue weighted by Crippen LogP contribution is 2.43. The van der Waals surface area contributed by atoms with Crippen LogP contribution in [0.3, 0.4) is 0 Å². The van der Waals surface area contributed by atoms with Gasteiger partial charge >= 0.3 is 7.82 Å². The summed E-state index contributed by atoms with van der Waals surface area (Å²) in [4.78, 5) is 21.6. The van der Waals surface area contributed by atoms with Crippen LogP contribution in [-0.2, 0) is 4.57 Å². The molecule has 0 saturated heterocycles. The lowest BCUT2D eigenvalue weighted by molar-refractivity contribution is 0.275. The van der Waals surface area contributed by atoms with E-state index in [0.29, 0.717) is 0 Å². The van der Waals surface area contributed by atoms with Crippen molar-refractivity contribution in [3.63, 3.8) is 0 Å². The SMILES string of the molecule is O=P(O)(O)O.c1ccc2c(c1)O2. The molecule has 5 nitrogen and oxygen atoms in total. The van der Waals surface area contributed by atoms with Gasteiger partial charge < -0.3 is 19.4 Å². The van der Waals surface area contributed by atoms with Crippen LogP contribution in [0.25, 0.3) is 0 Å². The third-order valence-corrected chi connectivity index (χ3v) is 1.03. The van der Waals surface area contributed by atoms with Gasteiger partial charge in [0.1, 0.15) is 0 Å². The molecule has 0 aromatic heterocycles. The Balaban J connectivity index is 0.000000130. The lowest BCUT2D eigenvalue weighted by atomic mass is 10.4. The van der Waals surface area contributed by atoms with Crippen molar-refractivity contribution in [1.29, 1.82) is 0 Å². The van der Waals surface area contributed by atoms with Gasteiger partial charge in [-0.1, -0.05) is 12.1 Å². The molecule has 1 aliphatic rings. The van der Waals surface area contributed by atoms with E-state index in [-0.39, 0.29) is 0 Å². The summed E-state index contributed by atoms with van der Waals surface area (Å²) in [5, 5.41) is 0. The highest BCUT2D eigenvalue weighted by atomic mass is 31.2. The summed E-state index contributed by atoms with van der Waals surface area (Å²) < 4.78 is 13.8. The largest absolute Gasteiger partial charge is 0.466 e. The molecular weight excluding hydrogens is 183 g/mol. The summed E-state index contributed by atoms with van der Waals surface area (Å²) in [7, 11) is -4.64. The first-order chi connectivity index (χ1) is 5.47. The molecule has 3 N–H and O–H groups in total. The summed E-state index contributed by atoms with van der Waals surface area (Å²) in [5.41, 5.74) is 0. The topological polar surface area (TPSA) is 90.3 Å². The van der Waals surface area contributed by atoms with E-state index in [1.807, 2.05) is 24.3 Å². The molecule has 0 fully saturated rings. The highest BCUT2D eigenvalue weighted by molar-refractivity contribution is 7.45. The molecule has 1 aromatic rings. The molecule has 12 heavy (non-hydrogen) atoms. The van der Waals surface area contributed by atoms with Gasteiger partial charge in [0.25, 0.3) is 0 Å². The molecule has 66 valence electrons. The van der Waals surface area contributed by atoms with Crippen LogP contribution in [0.4, 0.5) is 0 Å². The van der Waals surface area contributed by atoms with Crippen molar-refractivity contribution in [3.8, 4) is 11.5 Å². The van der Waals surface area contributed by atoms with Crippen LogP contribution in [0.1, 0.15) is 0 Å². The smallest absolute Gasteiger partial charge is 0.450 e. The molecule has 1 aliphatic heterocycles. The van der Waals surface area contributed by atoms with Crippen LogP contribution in [0, 0.1) is 0 Å². The maximum Gasteiger partial charge on any atom is 0.466 e. The van der Waals surface area contributed by atoms with E-state index in [9.17, 15) is 0 Å². The first-order valence-electron chi connectivity index (χ1n) is 3.02. The van der Waals surface area contributed by atoms with Crippen molar-refractivity contribution < 1.29 is 24.0 Å². The number of hydrogen-bond donors (Lipinski definition) is 3. The lowest BCUT2D eigenvalue weighted by Gasteiger charge is -1.82. The molecule has 6 heteroatoms. The summed E-state index contributed by atoms with van der Waals surface area (Å²) >= 11 is 0. The molecule has 0 aliphatic carbocycles. The Morgan fingerprint density at radius 1 is 1.08 bits per heavy atom. The zero-order chi connectivity index (χ0) is 9.19. The molecule has 0 unspecified atom stereocenters. The fourth-order valence-corrected chi connectivity index (χ4v) is 0.611. The molecule has 0 spiro atoms. The van der Waals surface area contributed by atoms with Gasteiger partial charge in [-0.05, 0) is 12.1 Å². The summed E-state index contributed by atoms with van der Waals surface area (Å²) in [6.45, 7) is 0. The first kappa shape index (κ1) is 9.22. The van der Waals surface area contributed by atoms with Crippen LogP contribution >= 0.6 is 7.82 Å². The van der Waals surface area contributed by atoms with Crippen LogP contribution < -0.4 is 4.74 Å². The Labute approximate surface area is 68.5 Å². The van der Waals surface area contributed by atoms with E-state index in [4.69, 9.17) is 24.0 Å². The van der Waals surface area contributed by atoms with Gasteiger partial charge in [-0.15, -0.1) is 0 Å². The highest BCUT2D eigenvalue weighted by Gasteiger charge is 2.15. The average molecular weight is 190 g/mol. The van der Waals surface area contributed by atoms with Gasteiger partial charge in [-0.2, -0.15) is 0 Å². The van der Waals surface area contributed by atoms with Gasteiger partial charge in [-0.25, -0.2) is 4.57 Å². The standard InChI is InChI=1S/C6H4O.H3O4P/c1-2-4-6-5(3-1)7-6;1-5(2,3)4/h1-4H;(H3,1,2,3,4). The van der Waals surface area contributed by atoms with Crippen molar-refractivity contribution in [1.82, 2.24) is 0 Å². The molecule has 0 bridgehead atoms. The molecule has 0 saturated carbocycles. The normalized spacial score (nSPS) is 11.9. The zero-order valence-electron chi connectivity index (χ0n) is 5.91. The van der Waals surface area contributed by atoms with E-state index >= 15 is 0 Å². The second-order valence-electron chi connectivity index (χ2n) is 2.06. The van der Waals surface area contributed by atoms with E-state index in [0.717, 1.165) is 11.5 Å². The predicted molar refractivity (Wildman–Crippen MR) is 40.8 cm³/mol. The number of para-hydroxylation sites is 2. The molecule has 2 rings (SSSR count). The Morgan fingerprint density at radius 3 is 1.67 bits per heavy atom. The number of fused-ring (bicyclic) bond motifs is 1. The van der Waals surface area contributed by atoms with Gasteiger partial charge in [-0.3, -0.25) is 0 Å². The maximum absolute atomic E-state index is 8.88. The fraction of sp³-hybridized carbons (Fsp3) is 0. The second-order valence-corrected chi connectivity index (χ2v) is 3.09. The zero-order valence-corrected chi connectivity index (χ0v) is 6.81. The first-order valence-corrected chi connectivity index (χ1v) is 4.58. The molecule has 1 heterocycles. The van der Waals surface area contributed by atoms with Crippen molar-refractivity contribution >= 4 is 7.82 Å². The van der Waals surface area contributed by atoms with Crippen LogP contribution in [0.2, 0.25) is 0 Å². The van der Waals surface area contributed by atoms with Crippen molar-refractivity contribution in [2.45, 2.75) is 0 Å². The lowest BCUT2D eigenvalue weighted by Crippen LogP contribution is -1.66. The average Bonchev–Trinajstić information content (AvgIpc) is 2.59. The molecule has 0 atom stereocenters. The number of ether oxygens (including phenoxy) is 1. The van der Waals surface area contributed by atoms with E-state index in [2.05, 4.69) is 0 Å². The van der Waals surface area contributed by atoms with Crippen LogP contribution in [-0.4, -0.2) is 14.7 Å². The van der Waals surface area contributed by atoms with Crippen LogP contribution in [0.5, 0.6) is 11.5 Å². The minimum absolute atomic E-state index is 1.03. The Bertz CT molecular complexity index is 288. The number of rotatable bonds is 0. The van der Waals surface area contributed by atoms with Gasteiger partial charge in [0.2, 0.25) is 0 Å². The van der Waals surface area contributed by atoms with E-state index in [1.54, 1.807) is 0 Å². The third-order valence-electron chi connectivity index (χ3n) is 1.03. The van der Waals surface area contributed by atoms with Gasteiger partial charge in [0.05, 0.1) is 0 Å². The molecule has 0 radical (unpaired) electrons. The summed E-state index contributed by atoms with van der Waals surface area (Å²) in [5.74, 6) is 2.06. The number of benzene rings is 1. The van der Waals surface area contributed by atoms with Crippen LogP contribution in [0.15, 0.2) is 24.3 Å². The minimum atomic E-state index is -4.64. The predicted octanol–water partition coefficient (Wildman–Crippen LogP) is 0.864. The van der Waals surface area contributed by atoms with Gasteiger partial charge in [0.15, 0.2) is 11.5 Å². The summed E-state index contributed by atoms with van der Waals surface area (Å²) in [6, 6.07) is 7.84. The monoisotopic (exact) mass is 190 g/mol. The second kappa shape index (κ2) is 3.25. The Hall–Kier alpha value is -0.870. The van der Waals surface area contributed by atoms with Crippen molar-refractivity contribution in [2.24, 2.45) is 0 Å². The number of phosphoric acid groups is 1. The molecule has 1 aromatic carbocycles. The Kier molecular flexibility index (Phi) is 2.49. The summed E-state index contributed by atoms with van der Waals surface area (Å²) in [6.07, 6.45) is 0. The Morgan fingerprint density at radius 2 is 1.42 bits per heavy atom. The van der Waals surface area contributed by atoms with Crippen molar-refractivity contribution in [2.75, 3.05) is 0 Å². The van der Waals surface area contributed by atoms with Crippen molar-refractivity contribution in [3.05, 3.63) is 24.3 Å². The minimum Gasteiger partial charge on any atom is -0.450 e. The third kappa shape index (κ3) is 4.10. The van der Waals surface area contributed by atoms with E-state index < -0.39 is 7.82 Å². The number of hydrogen-bond acceptors (Lipinski definition) is 2. The fourth-order valence-electron chi connectivity index (χ4n) is 0.611. The van der Waals surface area contributed by atoms with E-state index in [1.165, 1.54) is 0 Å². The molecule has 0 amide bonds. The quantitative estimate of drug-likeness (QED) is 0.423. The van der Waals surface area contributed by atoms with Gasteiger partial charge in [0, 0.05) is 0 Å². The maximum atomic E-state index is 8.88. The molecular formula is C6H7O5P.